The van der Waals surface area contributed by atoms with Gasteiger partial charge < -0.3 is 16.4 Å². The van der Waals surface area contributed by atoms with Crippen LogP contribution in [-0.2, 0) is 4.79 Å². The van der Waals surface area contributed by atoms with Gasteiger partial charge in [-0.3, -0.25) is 4.79 Å². The van der Waals surface area contributed by atoms with Crippen LogP contribution in [-0.4, -0.2) is 5.91 Å². The molecule has 0 saturated carbocycles. The highest BCUT2D eigenvalue weighted by Crippen LogP contribution is 2.23. The summed E-state index contributed by atoms with van der Waals surface area (Å²) >= 11 is 0. The van der Waals surface area contributed by atoms with E-state index in [4.69, 9.17) is 5.73 Å². The van der Waals surface area contributed by atoms with Crippen molar-refractivity contribution in [3.63, 3.8) is 0 Å². The number of nitrogens with two attached hydrogens (primary N) is 1. The second-order valence-corrected chi connectivity index (χ2v) is 3.90. The van der Waals surface area contributed by atoms with Gasteiger partial charge in [0.15, 0.2) is 0 Å². The van der Waals surface area contributed by atoms with E-state index < -0.39 is 0 Å². The van der Waals surface area contributed by atoms with E-state index in [2.05, 4.69) is 16.7 Å². The number of nitrogens with one attached hydrogen (secondary N) is 2. The Hall–Kier alpha value is -2.49. The minimum absolute atomic E-state index is 0.0847. The number of rotatable bonds is 3. The maximum absolute atomic E-state index is 10.9. The first-order chi connectivity index (χ1) is 8.65. The fourth-order valence-electron chi connectivity index (χ4n) is 1.55. The van der Waals surface area contributed by atoms with Crippen molar-refractivity contribution in [2.45, 2.75) is 6.92 Å². The van der Waals surface area contributed by atoms with Crippen LogP contribution in [0.25, 0.3) is 0 Å². The van der Waals surface area contributed by atoms with Gasteiger partial charge in [-0.25, -0.2) is 0 Å². The second kappa shape index (κ2) is 5.23. The predicted octanol–water partition coefficient (Wildman–Crippen LogP) is 2.77. The number of benzene rings is 2. The Bertz CT molecular complexity index is 549. The molecule has 2 rings (SSSR count). The van der Waals surface area contributed by atoms with Gasteiger partial charge in [0.25, 0.3) is 0 Å². The third-order valence-corrected chi connectivity index (χ3v) is 2.38. The number of hydrogen-bond donors (Lipinski definition) is 3. The first kappa shape index (κ1) is 12.0. The van der Waals surface area contributed by atoms with Crippen LogP contribution in [0.2, 0.25) is 0 Å². The lowest BCUT2D eigenvalue weighted by atomic mass is 10.2. The van der Waals surface area contributed by atoms with Gasteiger partial charge in [-0.2, -0.15) is 0 Å². The van der Waals surface area contributed by atoms with Crippen LogP contribution in [0.15, 0.2) is 42.5 Å². The number of anilines is 4. The maximum atomic E-state index is 10.9. The molecule has 0 fully saturated rings. The molecule has 0 aromatic heterocycles. The predicted molar refractivity (Wildman–Crippen MR) is 73.7 cm³/mol. The number of carbonyl (C=O) groups excluding carboxylic acids is 1. The lowest BCUT2D eigenvalue weighted by molar-refractivity contribution is -0.114. The Labute approximate surface area is 106 Å². The summed E-state index contributed by atoms with van der Waals surface area (Å²) in [6.07, 6.45) is 0. The third kappa shape index (κ3) is 3.01. The molecule has 0 spiro atoms. The Morgan fingerprint density at radius 1 is 1.17 bits per heavy atom. The summed E-state index contributed by atoms with van der Waals surface area (Å²) in [5.74, 6) is -0.0847. The third-order valence-electron chi connectivity index (χ3n) is 2.38. The zero-order valence-electron chi connectivity index (χ0n) is 10.0. The van der Waals surface area contributed by atoms with Crippen LogP contribution in [0, 0.1) is 6.07 Å². The molecular formula is C14H14N3O. The lowest BCUT2D eigenvalue weighted by Crippen LogP contribution is -2.05. The van der Waals surface area contributed by atoms with E-state index in [-0.39, 0.29) is 5.91 Å². The zero-order valence-corrected chi connectivity index (χ0v) is 10.0. The average Bonchev–Trinajstić information content (AvgIpc) is 2.34. The van der Waals surface area contributed by atoms with Gasteiger partial charge in [0.1, 0.15) is 0 Å². The van der Waals surface area contributed by atoms with E-state index in [0.29, 0.717) is 5.69 Å². The number of amides is 1. The number of nitrogen functional groups attached to an aromatic ring is 1. The summed E-state index contributed by atoms with van der Waals surface area (Å²) < 4.78 is 0. The van der Waals surface area contributed by atoms with Crippen molar-refractivity contribution in [1.82, 2.24) is 0 Å². The molecule has 2 aromatic carbocycles. The molecule has 2 aromatic rings. The molecule has 0 atom stereocenters. The summed E-state index contributed by atoms with van der Waals surface area (Å²) in [6, 6.07) is 15.7. The molecule has 1 radical (unpaired) electrons. The van der Waals surface area contributed by atoms with Gasteiger partial charge in [0.05, 0.1) is 11.4 Å². The fraction of sp³-hybridized carbons (Fsp3) is 0.0714. The molecule has 4 heteroatoms. The summed E-state index contributed by atoms with van der Waals surface area (Å²) in [5.41, 5.74) is 8.96. The van der Waals surface area contributed by atoms with Crippen molar-refractivity contribution in [3.05, 3.63) is 48.5 Å². The quantitative estimate of drug-likeness (QED) is 0.723. The molecule has 91 valence electrons. The maximum Gasteiger partial charge on any atom is 0.221 e. The highest BCUT2D eigenvalue weighted by molar-refractivity contribution is 5.89. The van der Waals surface area contributed by atoms with E-state index in [1.165, 1.54) is 6.92 Å². The van der Waals surface area contributed by atoms with Gasteiger partial charge in [0.2, 0.25) is 5.91 Å². The van der Waals surface area contributed by atoms with E-state index >= 15 is 0 Å². The lowest BCUT2D eigenvalue weighted by Gasteiger charge is -2.09. The summed E-state index contributed by atoms with van der Waals surface area (Å²) in [7, 11) is 0. The van der Waals surface area contributed by atoms with Gasteiger partial charge in [-0.1, -0.05) is 6.07 Å². The van der Waals surface area contributed by atoms with Crippen molar-refractivity contribution in [3.8, 4) is 0 Å². The molecule has 0 aliphatic heterocycles. The van der Waals surface area contributed by atoms with Crippen molar-refractivity contribution >= 4 is 28.7 Å². The molecule has 0 bridgehead atoms. The fourth-order valence-corrected chi connectivity index (χ4v) is 1.55. The molecule has 0 unspecified atom stereocenters. The van der Waals surface area contributed by atoms with Crippen LogP contribution in [0.4, 0.5) is 22.7 Å². The summed E-state index contributed by atoms with van der Waals surface area (Å²) in [6.45, 7) is 1.48. The largest absolute Gasteiger partial charge is 0.397 e. The normalized spacial score (nSPS) is 9.83. The van der Waals surface area contributed by atoms with Crippen LogP contribution in [0.1, 0.15) is 6.92 Å². The molecule has 18 heavy (non-hydrogen) atoms. The molecule has 1 amide bonds. The van der Waals surface area contributed by atoms with Crippen LogP contribution in [0.3, 0.4) is 0 Å². The number of hydrogen-bond acceptors (Lipinski definition) is 3. The van der Waals surface area contributed by atoms with Gasteiger partial charge >= 0.3 is 0 Å². The van der Waals surface area contributed by atoms with Crippen molar-refractivity contribution < 1.29 is 4.79 Å². The van der Waals surface area contributed by atoms with Crippen LogP contribution >= 0.6 is 0 Å². The van der Waals surface area contributed by atoms with Crippen molar-refractivity contribution in [2.24, 2.45) is 0 Å². The van der Waals surface area contributed by atoms with Gasteiger partial charge in [-0.15, -0.1) is 0 Å². The van der Waals surface area contributed by atoms with Gasteiger partial charge in [0, 0.05) is 18.3 Å². The summed E-state index contributed by atoms with van der Waals surface area (Å²) in [4.78, 5) is 10.9. The first-order valence-corrected chi connectivity index (χ1v) is 5.55. The average molecular weight is 240 g/mol. The van der Waals surface area contributed by atoms with Crippen LogP contribution < -0.4 is 16.4 Å². The van der Waals surface area contributed by atoms with Crippen molar-refractivity contribution in [1.29, 1.82) is 0 Å². The minimum atomic E-state index is -0.0847. The second-order valence-electron chi connectivity index (χ2n) is 3.90. The van der Waals surface area contributed by atoms with Crippen LogP contribution in [0.5, 0.6) is 0 Å². The Morgan fingerprint density at radius 3 is 2.44 bits per heavy atom. The topological polar surface area (TPSA) is 67.2 Å². The minimum Gasteiger partial charge on any atom is -0.397 e. The van der Waals surface area contributed by atoms with E-state index in [1.54, 1.807) is 12.1 Å². The van der Waals surface area contributed by atoms with E-state index in [9.17, 15) is 4.79 Å². The number of carbonyl (C=O) groups is 1. The smallest absolute Gasteiger partial charge is 0.221 e. The highest BCUT2D eigenvalue weighted by atomic mass is 16.1. The van der Waals surface area contributed by atoms with Gasteiger partial charge in [-0.05, 0) is 42.5 Å². The Morgan fingerprint density at radius 2 is 1.83 bits per heavy atom. The molecule has 0 saturated heterocycles. The highest BCUT2D eigenvalue weighted by Gasteiger charge is 1.99. The molecule has 4 N–H and O–H groups in total. The zero-order chi connectivity index (χ0) is 13.0. The molecule has 4 nitrogen and oxygen atoms in total. The summed E-state index contributed by atoms with van der Waals surface area (Å²) in [5, 5.41) is 5.91. The SMILES string of the molecule is CC(=O)Nc1ccc(Nc2cc[c]cc2N)cc1. The van der Waals surface area contributed by atoms with Crippen molar-refractivity contribution in [2.75, 3.05) is 16.4 Å². The molecule has 0 heterocycles. The van der Waals surface area contributed by atoms with E-state index in [0.717, 1.165) is 17.1 Å². The van der Waals surface area contributed by atoms with E-state index in [1.807, 2.05) is 30.3 Å². The molecule has 0 aliphatic carbocycles. The first-order valence-electron chi connectivity index (χ1n) is 5.55. The monoisotopic (exact) mass is 240 g/mol. The Kier molecular flexibility index (Phi) is 3.48. The molecule has 0 aliphatic rings. The Balaban J connectivity index is 2.11. The standard InChI is InChI=1S/C14H14N3O/c1-10(18)16-11-6-8-12(9-7-11)17-14-5-3-2-4-13(14)15/h3-9,17H,15H2,1H3,(H,16,18). The molecular weight excluding hydrogens is 226 g/mol.